The van der Waals surface area contributed by atoms with Crippen LogP contribution in [0.2, 0.25) is 0 Å². The molecule has 2 nitrogen and oxygen atoms in total. The summed E-state index contributed by atoms with van der Waals surface area (Å²) < 4.78 is 0. The average molecular weight is 267 g/mol. The van der Waals surface area contributed by atoms with Gasteiger partial charge in [0.05, 0.1) is 5.60 Å². The zero-order chi connectivity index (χ0) is 13.0. The molecule has 1 unspecified atom stereocenters. The Morgan fingerprint density at radius 1 is 1.33 bits per heavy atom. The van der Waals surface area contributed by atoms with Gasteiger partial charge in [0.2, 0.25) is 0 Å². The predicted octanol–water partition coefficient (Wildman–Crippen LogP) is 3.79. The molecular weight excluding hydrogens is 242 g/mol. The lowest BCUT2D eigenvalue weighted by Gasteiger charge is -2.28. The highest BCUT2D eigenvalue weighted by atomic mass is 32.1. The van der Waals surface area contributed by atoms with Crippen molar-refractivity contribution in [3.05, 3.63) is 21.9 Å². The van der Waals surface area contributed by atoms with E-state index < -0.39 is 5.60 Å². The number of hydrogen-bond acceptors (Lipinski definition) is 3. The number of nitrogens with one attached hydrogen (secondary N) is 1. The molecule has 0 amide bonds. The van der Waals surface area contributed by atoms with Gasteiger partial charge in [-0.25, -0.2) is 0 Å². The zero-order valence-electron chi connectivity index (χ0n) is 11.5. The Labute approximate surface area is 114 Å². The molecule has 0 spiro atoms. The molecule has 2 rings (SSSR count). The molecule has 1 aliphatic rings. The Morgan fingerprint density at radius 2 is 2.00 bits per heavy atom. The number of aliphatic hydroxyl groups is 1. The second-order valence-corrected chi connectivity index (χ2v) is 6.66. The van der Waals surface area contributed by atoms with Gasteiger partial charge < -0.3 is 10.4 Å². The van der Waals surface area contributed by atoms with Crippen LogP contribution in [-0.4, -0.2) is 17.3 Å². The lowest BCUT2D eigenvalue weighted by Crippen LogP contribution is -2.41. The average Bonchev–Trinajstić information content (AvgIpc) is 2.65. The van der Waals surface area contributed by atoms with Gasteiger partial charge in [-0.3, -0.25) is 0 Å². The summed E-state index contributed by atoms with van der Waals surface area (Å²) in [6.07, 6.45) is 6.81. The number of aryl methyl sites for hydroxylation is 1. The topological polar surface area (TPSA) is 32.3 Å². The minimum absolute atomic E-state index is 0.345. The first-order chi connectivity index (χ1) is 8.61. The molecule has 1 fully saturated rings. The van der Waals surface area contributed by atoms with E-state index in [1.165, 1.54) is 36.1 Å². The fraction of sp³-hybridized carbons (Fsp3) is 0.733. The van der Waals surface area contributed by atoms with E-state index >= 15 is 0 Å². The SMILES string of the molecule is Cc1ccsc1C(C)NCC1(O)CCCCCC1. The summed E-state index contributed by atoms with van der Waals surface area (Å²) in [5.41, 5.74) is 0.878. The van der Waals surface area contributed by atoms with Gasteiger partial charge in [-0.05, 0) is 43.7 Å². The number of thiophene rings is 1. The molecule has 2 N–H and O–H groups in total. The van der Waals surface area contributed by atoms with E-state index in [0.717, 1.165) is 19.4 Å². The highest BCUT2D eigenvalue weighted by Gasteiger charge is 2.28. The van der Waals surface area contributed by atoms with Crippen molar-refractivity contribution in [1.29, 1.82) is 0 Å². The molecule has 1 heterocycles. The summed E-state index contributed by atoms with van der Waals surface area (Å²) >= 11 is 1.80. The van der Waals surface area contributed by atoms with Crippen LogP contribution in [0.4, 0.5) is 0 Å². The smallest absolute Gasteiger partial charge is 0.0771 e. The molecule has 102 valence electrons. The van der Waals surface area contributed by atoms with Crippen molar-refractivity contribution in [2.75, 3.05) is 6.54 Å². The van der Waals surface area contributed by atoms with Crippen molar-refractivity contribution in [2.45, 2.75) is 64.0 Å². The van der Waals surface area contributed by atoms with Gasteiger partial charge in [0.15, 0.2) is 0 Å². The molecule has 0 radical (unpaired) electrons. The van der Waals surface area contributed by atoms with Crippen LogP contribution in [0.1, 0.15) is 61.9 Å². The van der Waals surface area contributed by atoms with Crippen molar-refractivity contribution >= 4 is 11.3 Å². The summed E-state index contributed by atoms with van der Waals surface area (Å²) in [5, 5.41) is 16.3. The monoisotopic (exact) mass is 267 g/mol. The zero-order valence-corrected chi connectivity index (χ0v) is 12.4. The van der Waals surface area contributed by atoms with Gasteiger partial charge >= 0.3 is 0 Å². The Morgan fingerprint density at radius 3 is 2.56 bits per heavy atom. The van der Waals surface area contributed by atoms with Crippen LogP contribution in [-0.2, 0) is 0 Å². The van der Waals surface area contributed by atoms with Gasteiger partial charge in [-0.2, -0.15) is 0 Å². The summed E-state index contributed by atoms with van der Waals surface area (Å²) in [6, 6.07) is 2.51. The van der Waals surface area contributed by atoms with Crippen LogP contribution >= 0.6 is 11.3 Å². The van der Waals surface area contributed by atoms with Crippen molar-refractivity contribution in [3.8, 4) is 0 Å². The minimum atomic E-state index is -0.476. The van der Waals surface area contributed by atoms with Crippen LogP contribution in [0.25, 0.3) is 0 Å². The highest BCUT2D eigenvalue weighted by Crippen LogP contribution is 2.28. The molecule has 0 bridgehead atoms. The Balaban J connectivity index is 1.88. The summed E-state index contributed by atoms with van der Waals surface area (Å²) in [5.74, 6) is 0. The maximum atomic E-state index is 10.6. The van der Waals surface area contributed by atoms with Crippen molar-refractivity contribution in [2.24, 2.45) is 0 Å². The molecule has 18 heavy (non-hydrogen) atoms. The fourth-order valence-electron chi connectivity index (χ4n) is 2.83. The van der Waals surface area contributed by atoms with Gasteiger partial charge in [0.1, 0.15) is 0 Å². The predicted molar refractivity (Wildman–Crippen MR) is 78.1 cm³/mol. The number of rotatable bonds is 4. The van der Waals surface area contributed by atoms with E-state index in [-0.39, 0.29) is 0 Å². The Kier molecular flexibility index (Phi) is 4.82. The maximum absolute atomic E-state index is 10.6. The molecular formula is C15H25NOS. The molecule has 0 aromatic carbocycles. The third-order valence-corrected chi connectivity index (χ3v) is 5.27. The van der Waals surface area contributed by atoms with E-state index in [2.05, 4.69) is 30.6 Å². The summed E-state index contributed by atoms with van der Waals surface area (Å²) in [4.78, 5) is 1.40. The molecule has 1 aromatic rings. The first kappa shape index (κ1) is 14.0. The van der Waals surface area contributed by atoms with Crippen molar-refractivity contribution < 1.29 is 5.11 Å². The van der Waals surface area contributed by atoms with E-state index in [1.807, 2.05) is 0 Å². The minimum Gasteiger partial charge on any atom is -0.389 e. The Bertz CT molecular complexity index is 366. The quantitative estimate of drug-likeness (QED) is 0.813. The van der Waals surface area contributed by atoms with Crippen molar-refractivity contribution in [3.63, 3.8) is 0 Å². The third-order valence-electron chi connectivity index (χ3n) is 4.07. The Hall–Kier alpha value is -0.380. The molecule has 1 atom stereocenters. The third kappa shape index (κ3) is 3.56. The molecule has 1 aliphatic carbocycles. The first-order valence-electron chi connectivity index (χ1n) is 7.10. The highest BCUT2D eigenvalue weighted by molar-refractivity contribution is 7.10. The molecule has 0 saturated heterocycles. The lowest BCUT2D eigenvalue weighted by atomic mass is 9.94. The standard InChI is InChI=1S/C15H25NOS/c1-12-7-10-18-14(12)13(2)16-11-15(17)8-5-3-4-6-9-15/h7,10,13,16-17H,3-6,8-9,11H2,1-2H3. The maximum Gasteiger partial charge on any atom is 0.0771 e. The van der Waals surface area contributed by atoms with Gasteiger partial charge in [0, 0.05) is 17.5 Å². The first-order valence-corrected chi connectivity index (χ1v) is 7.98. The number of hydrogen-bond donors (Lipinski definition) is 2. The van der Waals surface area contributed by atoms with E-state index in [1.54, 1.807) is 11.3 Å². The van der Waals surface area contributed by atoms with E-state index in [0.29, 0.717) is 6.04 Å². The van der Waals surface area contributed by atoms with Crippen LogP contribution in [0.5, 0.6) is 0 Å². The van der Waals surface area contributed by atoms with Crippen LogP contribution in [0, 0.1) is 6.92 Å². The normalized spacial score (nSPS) is 21.5. The molecule has 3 heteroatoms. The van der Waals surface area contributed by atoms with Crippen LogP contribution in [0.15, 0.2) is 11.4 Å². The van der Waals surface area contributed by atoms with E-state index in [9.17, 15) is 5.11 Å². The van der Waals surface area contributed by atoms with Crippen LogP contribution < -0.4 is 5.32 Å². The van der Waals surface area contributed by atoms with E-state index in [4.69, 9.17) is 0 Å². The van der Waals surface area contributed by atoms with Crippen LogP contribution in [0.3, 0.4) is 0 Å². The lowest BCUT2D eigenvalue weighted by molar-refractivity contribution is 0.0232. The van der Waals surface area contributed by atoms with Gasteiger partial charge in [-0.15, -0.1) is 11.3 Å². The van der Waals surface area contributed by atoms with Crippen molar-refractivity contribution in [1.82, 2.24) is 5.32 Å². The van der Waals surface area contributed by atoms with Gasteiger partial charge in [0.25, 0.3) is 0 Å². The second-order valence-electron chi connectivity index (χ2n) is 5.71. The van der Waals surface area contributed by atoms with Gasteiger partial charge in [-0.1, -0.05) is 25.7 Å². The molecule has 0 aliphatic heterocycles. The summed E-state index contributed by atoms with van der Waals surface area (Å²) in [7, 11) is 0. The second kappa shape index (κ2) is 6.18. The fourth-order valence-corrected chi connectivity index (χ4v) is 3.79. The molecule has 1 aromatic heterocycles. The largest absolute Gasteiger partial charge is 0.389 e. The molecule has 1 saturated carbocycles. The summed E-state index contributed by atoms with van der Waals surface area (Å²) in [6.45, 7) is 5.08.